The second-order valence-corrected chi connectivity index (χ2v) is 3.84. The van der Waals surface area contributed by atoms with E-state index in [1.54, 1.807) is 18.3 Å². The van der Waals surface area contributed by atoms with Gasteiger partial charge in [0.25, 0.3) is 5.91 Å². The maximum absolute atomic E-state index is 11.6. The Labute approximate surface area is 99.4 Å². The lowest BCUT2D eigenvalue weighted by atomic mass is 10.3. The summed E-state index contributed by atoms with van der Waals surface area (Å²) in [6, 6.07) is 4.92. The van der Waals surface area contributed by atoms with Crippen LogP contribution in [0, 0.1) is 0 Å². The van der Waals surface area contributed by atoms with Gasteiger partial charge in [0.1, 0.15) is 16.1 Å². The Morgan fingerprint density at radius 2 is 2.31 bits per heavy atom. The van der Waals surface area contributed by atoms with Gasteiger partial charge in [-0.1, -0.05) is 0 Å². The SMILES string of the molecule is Nc1cc(C(=O)Nc2ccc(Br)nc2)[nH]n1. The van der Waals surface area contributed by atoms with Crippen molar-refractivity contribution in [3.8, 4) is 0 Å². The van der Waals surface area contributed by atoms with Crippen LogP contribution in [0.3, 0.4) is 0 Å². The molecule has 4 N–H and O–H groups in total. The second-order valence-electron chi connectivity index (χ2n) is 3.03. The number of anilines is 2. The van der Waals surface area contributed by atoms with E-state index in [0.717, 1.165) is 0 Å². The van der Waals surface area contributed by atoms with Crippen molar-refractivity contribution < 1.29 is 4.79 Å². The van der Waals surface area contributed by atoms with Gasteiger partial charge in [0, 0.05) is 6.07 Å². The van der Waals surface area contributed by atoms with Gasteiger partial charge in [-0.3, -0.25) is 9.89 Å². The Balaban J connectivity index is 2.10. The normalized spacial score (nSPS) is 10.1. The van der Waals surface area contributed by atoms with E-state index in [2.05, 4.69) is 36.4 Å². The van der Waals surface area contributed by atoms with Crippen LogP contribution in [0.1, 0.15) is 10.5 Å². The first-order valence-corrected chi connectivity index (χ1v) is 5.18. The predicted octanol–water partition coefficient (Wildman–Crippen LogP) is 1.40. The molecule has 0 aliphatic rings. The van der Waals surface area contributed by atoms with Gasteiger partial charge in [0.15, 0.2) is 0 Å². The molecule has 7 heteroatoms. The number of nitrogens with one attached hydrogen (secondary N) is 2. The van der Waals surface area contributed by atoms with Crippen molar-refractivity contribution in [3.63, 3.8) is 0 Å². The van der Waals surface area contributed by atoms with Gasteiger partial charge in [0.05, 0.1) is 11.9 Å². The summed E-state index contributed by atoms with van der Waals surface area (Å²) >= 11 is 3.20. The van der Waals surface area contributed by atoms with Crippen molar-refractivity contribution in [2.24, 2.45) is 0 Å². The lowest BCUT2D eigenvalue weighted by molar-refractivity contribution is 0.102. The fraction of sp³-hybridized carbons (Fsp3) is 0. The van der Waals surface area contributed by atoms with E-state index in [1.165, 1.54) is 6.07 Å². The van der Waals surface area contributed by atoms with Gasteiger partial charge in [-0.05, 0) is 28.1 Å². The molecule has 1 amide bonds. The van der Waals surface area contributed by atoms with Gasteiger partial charge >= 0.3 is 0 Å². The van der Waals surface area contributed by atoms with Crippen molar-refractivity contribution in [1.82, 2.24) is 15.2 Å². The van der Waals surface area contributed by atoms with E-state index in [-0.39, 0.29) is 11.7 Å². The minimum Gasteiger partial charge on any atom is -0.382 e. The number of carbonyl (C=O) groups excluding carboxylic acids is 1. The molecule has 0 aliphatic heterocycles. The lowest BCUT2D eigenvalue weighted by Crippen LogP contribution is -2.12. The molecular formula is C9H8BrN5O. The number of amides is 1. The van der Waals surface area contributed by atoms with E-state index in [1.807, 2.05) is 0 Å². The first-order chi connectivity index (χ1) is 7.65. The average molecular weight is 282 g/mol. The largest absolute Gasteiger partial charge is 0.382 e. The van der Waals surface area contributed by atoms with Crippen LogP contribution in [0.25, 0.3) is 0 Å². The van der Waals surface area contributed by atoms with E-state index in [4.69, 9.17) is 5.73 Å². The molecule has 0 saturated carbocycles. The molecule has 0 atom stereocenters. The quantitative estimate of drug-likeness (QED) is 0.725. The molecule has 0 radical (unpaired) electrons. The molecule has 82 valence electrons. The van der Waals surface area contributed by atoms with Crippen molar-refractivity contribution >= 4 is 33.3 Å². The predicted molar refractivity (Wildman–Crippen MR) is 62.9 cm³/mol. The Morgan fingerprint density at radius 3 is 2.88 bits per heavy atom. The Bertz CT molecular complexity index is 507. The summed E-state index contributed by atoms with van der Waals surface area (Å²) in [5, 5.41) is 8.83. The van der Waals surface area contributed by atoms with Crippen molar-refractivity contribution in [3.05, 3.63) is 34.7 Å². The molecule has 0 aromatic carbocycles. The third kappa shape index (κ3) is 2.37. The number of carbonyl (C=O) groups is 1. The van der Waals surface area contributed by atoms with E-state index in [9.17, 15) is 4.79 Å². The van der Waals surface area contributed by atoms with Gasteiger partial charge in [-0.2, -0.15) is 5.10 Å². The molecule has 0 unspecified atom stereocenters. The third-order valence-corrected chi connectivity index (χ3v) is 2.30. The number of nitrogen functional groups attached to an aromatic ring is 1. The highest BCUT2D eigenvalue weighted by Crippen LogP contribution is 2.11. The number of nitrogens with two attached hydrogens (primary N) is 1. The summed E-state index contributed by atoms with van der Waals surface area (Å²) in [5.74, 6) is -0.0348. The summed E-state index contributed by atoms with van der Waals surface area (Å²) in [7, 11) is 0. The number of aromatic amines is 1. The summed E-state index contributed by atoms with van der Waals surface area (Å²) < 4.78 is 0.705. The average Bonchev–Trinajstić information content (AvgIpc) is 2.68. The maximum Gasteiger partial charge on any atom is 0.273 e. The lowest BCUT2D eigenvalue weighted by Gasteiger charge is -2.02. The summed E-state index contributed by atoms with van der Waals surface area (Å²) in [6.07, 6.45) is 1.54. The smallest absolute Gasteiger partial charge is 0.273 e. The van der Waals surface area contributed by atoms with Crippen LogP contribution in [0.2, 0.25) is 0 Å². The van der Waals surface area contributed by atoms with Gasteiger partial charge in [-0.15, -0.1) is 0 Å². The minimum atomic E-state index is -0.312. The number of H-pyrrole nitrogens is 1. The summed E-state index contributed by atoms with van der Waals surface area (Å²) in [6.45, 7) is 0. The fourth-order valence-corrected chi connectivity index (χ4v) is 1.34. The topological polar surface area (TPSA) is 96.7 Å². The monoisotopic (exact) mass is 281 g/mol. The summed E-state index contributed by atoms with van der Waals surface area (Å²) in [5.41, 5.74) is 6.29. The molecule has 2 rings (SSSR count). The molecule has 2 aromatic rings. The number of aromatic nitrogens is 3. The Hall–Kier alpha value is -1.89. The highest BCUT2D eigenvalue weighted by molar-refractivity contribution is 9.10. The molecule has 0 spiro atoms. The van der Waals surface area contributed by atoms with Gasteiger partial charge < -0.3 is 11.1 Å². The zero-order valence-electron chi connectivity index (χ0n) is 8.07. The first kappa shape index (κ1) is 10.6. The van der Waals surface area contributed by atoms with Crippen LogP contribution in [0.15, 0.2) is 29.0 Å². The molecule has 16 heavy (non-hydrogen) atoms. The van der Waals surface area contributed by atoms with Crippen LogP contribution < -0.4 is 11.1 Å². The molecule has 2 aromatic heterocycles. The van der Waals surface area contributed by atoms with Crippen molar-refractivity contribution in [1.29, 1.82) is 0 Å². The molecule has 0 saturated heterocycles. The highest BCUT2D eigenvalue weighted by atomic mass is 79.9. The van der Waals surface area contributed by atoms with Gasteiger partial charge in [0.2, 0.25) is 0 Å². The van der Waals surface area contributed by atoms with Crippen LogP contribution >= 0.6 is 15.9 Å². The van der Waals surface area contributed by atoms with Gasteiger partial charge in [-0.25, -0.2) is 4.98 Å². The number of halogens is 1. The fourth-order valence-electron chi connectivity index (χ4n) is 1.10. The third-order valence-electron chi connectivity index (χ3n) is 1.83. The van der Waals surface area contributed by atoms with Crippen LogP contribution in [-0.2, 0) is 0 Å². The second kappa shape index (κ2) is 4.31. The molecule has 6 nitrogen and oxygen atoms in total. The molecular weight excluding hydrogens is 274 g/mol. The number of hydrogen-bond donors (Lipinski definition) is 3. The van der Waals surface area contributed by atoms with E-state index in [0.29, 0.717) is 16.0 Å². The molecule has 0 aliphatic carbocycles. The van der Waals surface area contributed by atoms with Crippen LogP contribution in [-0.4, -0.2) is 21.1 Å². The Kier molecular flexibility index (Phi) is 2.86. The Morgan fingerprint density at radius 1 is 1.50 bits per heavy atom. The van der Waals surface area contributed by atoms with Crippen molar-refractivity contribution in [2.45, 2.75) is 0 Å². The maximum atomic E-state index is 11.6. The number of nitrogens with zero attached hydrogens (tertiary/aromatic N) is 2. The molecule has 0 bridgehead atoms. The zero-order valence-corrected chi connectivity index (χ0v) is 9.65. The zero-order chi connectivity index (χ0) is 11.5. The molecule has 0 fully saturated rings. The first-order valence-electron chi connectivity index (χ1n) is 4.39. The van der Waals surface area contributed by atoms with Crippen molar-refractivity contribution in [2.75, 3.05) is 11.1 Å². The van der Waals surface area contributed by atoms with E-state index < -0.39 is 0 Å². The molecule has 2 heterocycles. The number of pyridine rings is 1. The summed E-state index contributed by atoms with van der Waals surface area (Å²) in [4.78, 5) is 15.6. The van der Waals surface area contributed by atoms with E-state index >= 15 is 0 Å². The highest BCUT2D eigenvalue weighted by Gasteiger charge is 2.08. The standard InChI is InChI=1S/C9H8BrN5O/c10-7-2-1-5(4-12-7)13-9(16)6-3-8(11)15-14-6/h1-4H,(H,13,16)(H3,11,14,15). The number of hydrogen-bond acceptors (Lipinski definition) is 4. The minimum absolute atomic E-state index is 0.277. The van der Waals surface area contributed by atoms with Crippen LogP contribution in [0.5, 0.6) is 0 Å². The number of rotatable bonds is 2. The van der Waals surface area contributed by atoms with Crippen LogP contribution in [0.4, 0.5) is 11.5 Å².